The van der Waals surface area contributed by atoms with Crippen molar-refractivity contribution in [1.29, 1.82) is 0 Å². The van der Waals surface area contributed by atoms with Crippen LogP contribution >= 0.6 is 0 Å². The highest BCUT2D eigenvalue weighted by atomic mass is 19.4. The summed E-state index contributed by atoms with van der Waals surface area (Å²) in [4.78, 5) is 23.6. The fourth-order valence-electron chi connectivity index (χ4n) is 4.76. The van der Waals surface area contributed by atoms with Crippen LogP contribution in [0.5, 0.6) is 0 Å². The van der Waals surface area contributed by atoms with Crippen molar-refractivity contribution in [2.24, 2.45) is 5.92 Å². The van der Waals surface area contributed by atoms with Crippen LogP contribution in [-0.2, 0) is 6.18 Å². The second-order valence-corrected chi connectivity index (χ2v) is 10.2. The standard InChI is InChI=1S/C26H31F3N6O2/c1-16-11-20(14-31-23(16)34-9-7-18(8-10-34)12-25(3,4)37)33-24(36)21-15-32-35(17(21)2)22-6-5-19(13-30-22)26(27,28)29/h5-6,11,13-15,18,37H,7-10,12H2,1-4H3,(H,33,36). The zero-order valence-corrected chi connectivity index (χ0v) is 21.3. The van der Waals surface area contributed by atoms with E-state index in [9.17, 15) is 23.1 Å². The zero-order chi connectivity index (χ0) is 27.0. The van der Waals surface area contributed by atoms with Crippen LogP contribution in [0, 0.1) is 19.8 Å². The summed E-state index contributed by atoms with van der Waals surface area (Å²) in [6.45, 7) is 9.00. The van der Waals surface area contributed by atoms with Crippen molar-refractivity contribution in [3.63, 3.8) is 0 Å². The number of rotatable bonds is 6. The number of hydrogen-bond donors (Lipinski definition) is 2. The third kappa shape index (κ3) is 6.27. The molecule has 0 bridgehead atoms. The number of carbonyl (C=O) groups is 1. The number of hydrogen-bond acceptors (Lipinski definition) is 6. The molecule has 0 aliphatic carbocycles. The van der Waals surface area contributed by atoms with Gasteiger partial charge in [-0.3, -0.25) is 4.79 Å². The van der Waals surface area contributed by atoms with E-state index >= 15 is 0 Å². The molecule has 0 unspecified atom stereocenters. The number of piperidine rings is 1. The third-order valence-electron chi connectivity index (χ3n) is 6.56. The molecule has 1 aliphatic heterocycles. The molecule has 1 saturated heterocycles. The second-order valence-electron chi connectivity index (χ2n) is 10.2. The quantitative estimate of drug-likeness (QED) is 0.483. The van der Waals surface area contributed by atoms with Crippen molar-refractivity contribution in [1.82, 2.24) is 19.7 Å². The number of aryl methyl sites for hydroxylation is 1. The highest BCUT2D eigenvalue weighted by Crippen LogP contribution is 2.31. The molecule has 3 aromatic heterocycles. The topological polar surface area (TPSA) is 96.2 Å². The summed E-state index contributed by atoms with van der Waals surface area (Å²) in [6, 6.07) is 4.00. The molecule has 37 heavy (non-hydrogen) atoms. The van der Waals surface area contributed by atoms with Gasteiger partial charge >= 0.3 is 6.18 Å². The van der Waals surface area contributed by atoms with Gasteiger partial charge in [0.1, 0.15) is 5.82 Å². The minimum Gasteiger partial charge on any atom is -0.390 e. The van der Waals surface area contributed by atoms with Crippen LogP contribution in [0.2, 0.25) is 0 Å². The van der Waals surface area contributed by atoms with E-state index in [4.69, 9.17) is 0 Å². The first kappa shape index (κ1) is 26.6. The smallest absolute Gasteiger partial charge is 0.390 e. The molecule has 1 aliphatic rings. The Labute approximate surface area is 213 Å². The third-order valence-corrected chi connectivity index (χ3v) is 6.56. The molecule has 4 rings (SSSR count). The Bertz CT molecular complexity index is 1260. The summed E-state index contributed by atoms with van der Waals surface area (Å²) >= 11 is 0. The average Bonchev–Trinajstić information content (AvgIpc) is 3.20. The lowest BCUT2D eigenvalue weighted by molar-refractivity contribution is -0.137. The van der Waals surface area contributed by atoms with Crippen molar-refractivity contribution in [3.05, 3.63) is 59.2 Å². The van der Waals surface area contributed by atoms with Crippen LogP contribution in [-0.4, -0.2) is 49.5 Å². The number of aromatic nitrogens is 4. The number of halogens is 3. The number of nitrogens with zero attached hydrogens (tertiary/aromatic N) is 5. The maximum atomic E-state index is 12.9. The molecule has 1 fully saturated rings. The Hall–Kier alpha value is -3.47. The maximum absolute atomic E-state index is 12.9. The van der Waals surface area contributed by atoms with E-state index in [1.54, 1.807) is 13.1 Å². The predicted molar refractivity (Wildman–Crippen MR) is 134 cm³/mol. The first-order chi connectivity index (χ1) is 17.3. The van der Waals surface area contributed by atoms with Crippen LogP contribution in [0.3, 0.4) is 0 Å². The van der Waals surface area contributed by atoms with E-state index in [0.717, 1.165) is 56.0 Å². The molecular weight excluding hydrogens is 485 g/mol. The fourth-order valence-corrected chi connectivity index (χ4v) is 4.76. The van der Waals surface area contributed by atoms with Crippen molar-refractivity contribution < 1.29 is 23.1 Å². The first-order valence-corrected chi connectivity index (χ1v) is 12.2. The molecule has 0 saturated carbocycles. The lowest BCUT2D eigenvalue weighted by Gasteiger charge is -2.35. The number of amides is 1. The molecule has 0 spiro atoms. The van der Waals surface area contributed by atoms with Gasteiger partial charge in [-0.2, -0.15) is 18.3 Å². The van der Waals surface area contributed by atoms with E-state index < -0.39 is 23.2 Å². The second kappa shape index (κ2) is 10.1. The zero-order valence-electron chi connectivity index (χ0n) is 21.3. The normalized spacial score (nSPS) is 15.2. The molecule has 2 N–H and O–H groups in total. The minimum atomic E-state index is -4.48. The molecule has 4 heterocycles. The predicted octanol–water partition coefficient (Wildman–Crippen LogP) is 4.93. The maximum Gasteiger partial charge on any atom is 0.417 e. The highest BCUT2D eigenvalue weighted by Gasteiger charge is 2.31. The number of anilines is 2. The van der Waals surface area contributed by atoms with E-state index in [-0.39, 0.29) is 11.4 Å². The van der Waals surface area contributed by atoms with E-state index in [1.807, 2.05) is 26.8 Å². The number of aliphatic hydroxyl groups is 1. The van der Waals surface area contributed by atoms with Crippen LogP contribution in [0.15, 0.2) is 36.8 Å². The van der Waals surface area contributed by atoms with Gasteiger partial charge in [0.25, 0.3) is 5.91 Å². The largest absolute Gasteiger partial charge is 0.417 e. The van der Waals surface area contributed by atoms with E-state index in [1.165, 1.54) is 16.9 Å². The lowest BCUT2D eigenvalue weighted by atomic mass is 9.86. The fraction of sp³-hybridized carbons (Fsp3) is 0.462. The Morgan fingerprint density at radius 3 is 2.38 bits per heavy atom. The molecule has 1 amide bonds. The van der Waals surface area contributed by atoms with Crippen molar-refractivity contribution >= 4 is 17.4 Å². The van der Waals surface area contributed by atoms with Gasteiger partial charge < -0.3 is 15.3 Å². The van der Waals surface area contributed by atoms with E-state index in [2.05, 4.69) is 25.3 Å². The van der Waals surface area contributed by atoms with Gasteiger partial charge in [-0.15, -0.1) is 0 Å². The van der Waals surface area contributed by atoms with Gasteiger partial charge in [-0.05, 0) is 76.6 Å². The van der Waals surface area contributed by atoms with Gasteiger partial charge in [0.15, 0.2) is 5.82 Å². The molecule has 198 valence electrons. The minimum absolute atomic E-state index is 0.178. The molecule has 11 heteroatoms. The SMILES string of the molecule is Cc1cc(NC(=O)c2cnn(-c3ccc(C(F)(F)F)cn3)c2C)cnc1N1CCC(CC(C)(C)O)CC1. The molecule has 0 aromatic carbocycles. The summed E-state index contributed by atoms with van der Waals surface area (Å²) in [5.41, 5.74) is 0.661. The van der Waals surface area contributed by atoms with Crippen LogP contribution in [0.25, 0.3) is 5.82 Å². The lowest BCUT2D eigenvalue weighted by Crippen LogP contribution is -2.37. The Morgan fingerprint density at radius 1 is 1.11 bits per heavy atom. The van der Waals surface area contributed by atoms with Crippen molar-refractivity contribution in [2.75, 3.05) is 23.3 Å². The number of pyridine rings is 2. The average molecular weight is 517 g/mol. The Morgan fingerprint density at radius 2 is 1.81 bits per heavy atom. The summed E-state index contributed by atoms with van der Waals surface area (Å²) in [7, 11) is 0. The monoisotopic (exact) mass is 516 g/mol. The van der Waals surface area contributed by atoms with Crippen molar-refractivity contribution in [2.45, 2.75) is 58.7 Å². The number of carbonyl (C=O) groups excluding carboxylic acids is 1. The first-order valence-electron chi connectivity index (χ1n) is 12.2. The van der Waals surface area contributed by atoms with Gasteiger partial charge in [-0.25, -0.2) is 14.6 Å². The van der Waals surface area contributed by atoms with Gasteiger partial charge in [-0.1, -0.05) is 0 Å². The molecular formula is C26H31F3N6O2. The molecule has 3 aromatic rings. The Kier molecular flexibility index (Phi) is 7.27. The summed E-state index contributed by atoms with van der Waals surface area (Å²) in [5, 5.41) is 17.1. The Balaban J connectivity index is 1.41. The van der Waals surface area contributed by atoms with Gasteiger partial charge in [0, 0.05) is 19.3 Å². The summed E-state index contributed by atoms with van der Waals surface area (Å²) in [6.07, 6.45) is 1.98. The number of alkyl halides is 3. The molecule has 0 radical (unpaired) electrons. The molecule has 8 nitrogen and oxygen atoms in total. The van der Waals surface area contributed by atoms with Gasteiger partial charge in [0.2, 0.25) is 0 Å². The number of nitrogens with one attached hydrogen (secondary N) is 1. The van der Waals surface area contributed by atoms with Crippen LogP contribution in [0.1, 0.15) is 60.3 Å². The summed E-state index contributed by atoms with van der Waals surface area (Å²) < 4.78 is 39.8. The molecule has 0 atom stereocenters. The van der Waals surface area contributed by atoms with Crippen LogP contribution in [0.4, 0.5) is 24.7 Å². The highest BCUT2D eigenvalue weighted by molar-refractivity contribution is 6.05. The van der Waals surface area contributed by atoms with E-state index in [0.29, 0.717) is 17.3 Å². The van der Waals surface area contributed by atoms with Crippen molar-refractivity contribution in [3.8, 4) is 5.82 Å². The van der Waals surface area contributed by atoms with Gasteiger partial charge in [0.05, 0.1) is 40.5 Å². The summed E-state index contributed by atoms with van der Waals surface area (Å²) in [5.74, 6) is 1.13. The van der Waals surface area contributed by atoms with Crippen LogP contribution < -0.4 is 10.2 Å².